The second kappa shape index (κ2) is 5.72. The second-order valence-electron chi connectivity index (χ2n) is 7.49. The summed E-state index contributed by atoms with van der Waals surface area (Å²) in [5.41, 5.74) is 1.50. The molecule has 4 rings (SSSR count). The summed E-state index contributed by atoms with van der Waals surface area (Å²) in [6.45, 7) is 2.09. The number of allylic oxidation sites excluding steroid dienone is 7. The summed E-state index contributed by atoms with van der Waals surface area (Å²) in [7, 11) is 3.19. The van der Waals surface area contributed by atoms with Gasteiger partial charge < -0.3 is 5.32 Å². The van der Waals surface area contributed by atoms with E-state index in [4.69, 9.17) is 0 Å². The van der Waals surface area contributed by atoms with Crippen molar-refractivity contribution in [1.29, 1.82) is 0 Å². The highest BCUT2D eigenvalue weighted by atomic mass is 16.2. The van der Waals surface area contributed by atoms with Crippen molar-refractivity contribution in [2.24, 2.45) is 11.3 Å². The lowest BCUT2D eigenvalue weighted by molar-refractivity contribution is -0.703. The lowest BCUT2D eigenvalue weighted by Crippen LogP contribution is -2.52. The highest BCUT2D eigenvalue weighted by Crippen LogP contribution is 2.47. The van der Waals surface area contributed by atoms with E-state index in [1.807, 2.05) is 30.4 Å². The number of hydrogen-bond donors (Lipinski definition) is 1. The molecule has 136 valence electrons. The maximum Gasteiger partial charge on any atom is 0.359 e. The van der Waals surface area contributed by atoms with Crippen LogP contribution in [-0.4, -0.2) is 36.3 Å². The Hall–Kier alpha value is -3.05. The number of fused-ring (bicyclic) bond motifs is 2. The van der Waals surface area contributed by atoms with Crippen LogP contribution in [0.2, 0.25) is 0 Å². The summed E-state index contributed by atoms with van der Waals surface area (Å²) in [6.07, 6.45) is 14.0. The minimum atomic E-state index is -0.421. The molecule has 0 aromatic heterocycles. The van der Waals surface area contributed by atoms with Gasteiger partial charge in [-0.25, -0.2) is 9.59 Å². The third-order valence-corrected chi connectivity index (χ3v) is 5.88. The van der Waals surface area contributed by atoms with Crippen molar-refractivity contribution in [3.05, 3.63) is 83.1 Å². The topological polar surface area (TPSA) is 63.2 Å². The fraction of sp³-hybridized carbons (Fsp3) is 0.227. The van der Waals surface area contributed by atoms with Gasteiger partial charge in [0.2, 0.25) is 0 Å². The van der Waals surface area contributed by atoms with E-state index < -0.39 is 4.48 Å². The third-order valence-electron chi connectivity index (χ3n) is 5.88. The molecule has 0 bridgehead atoms. The van der Waals surface area contributed by atoms with Gasteiger partial charge in [0.15, 0.2) is 0 Å². The Morgan fingerprint density at radius 2 is 1.78 bits per heavy atom. The smallest absolute Gasteiger partial charge is 0.355 e. The molecule has 1 heterocycles. The number of carbonyl (C=O) groups is 3. The minimum Gasteiger partial charge on any atom is -0.355 e. The van der Waals surface area contributed by atoms with Crippen LogP contribution in [0.25, 0.3) is 0 Å². The highest BCUT2D eigenvalue weighted by molar-refractivity contribution is 6.15. The van der Waals surface area contributed by atoms with Gasteiger partial charge in [0, 0.05) is 18.0 Å². The monoisotopic (exact) mass is 361 g/mol. The van der Waals surface area contributed by atoms with E-state index in [1.54, 1.807) is 19.2 Å². The number of benzene rings is 1. The van der Waals surface area contributed by atoms with Crippen molar-refractivity contribution in [3.63, 3.8) is 0 Å². The van der Waals surface area contributed by atoms with Crippen LogP contribution in [0.5, 0.6) is 0 Å². The molecule has 3 aliphatic rings. The molecule has 3 atom stereocenters. The molecule has 0 spiro atoms. The van der Waals surface area contributed by atoms with E-state index in [9.17, 15) is 14.4 Å². The standard InChI is InChI=1S/C22H20N2O3/c1-22-11-5-4-7-17(22)18(8-6-12-22)24(3)20(26)15-10-9-14(19(25)23-2)13-16(15)21(24)27/h4-13,17H,1-3H3/p+1. The van der Waals surface area contributed by atoms with E-state index in [0.717, 1.165) is 5.70 Å². The van der Waals surface area contributed by atoms with E-state index >= 15 is 0 Å². The molecule has 1 aromatic carbocycles. The largest absolute Gasteiger partial charge is 0.359 e. The minimum absolute atomic E-state index is 0.0851. The Bertz CT molecular complexity index is 1010. The zero-order valence-corrected chi connectivity index (χ0v) is 15.5. The Labute approximate surface area is 157 Å². The van der Waals surface area contributed by atoms with Gasteiger partial charge in [0.25, 0.3) is 5.91 Å². The first-order valence-corrected chi connectivity index (χ1v) is 8.91. The highest BCUT2D eigenvalue weighted by Gasteiger charge is 2.57. The van der Waals surface area contributed by atoms with Crippen molar-refractivity contribution in [2.45, 2.75) is 6.92 Å². The molecule has 3 amide bonds. The van der Waals surface area contributed by atoms with Gasteiger partial charge in [-0.3, -0.25) is 4.79 Å². The first kappa shape index (κ1) is 17.4. The van der Waals surface area contributed by atoms with Gasteiger partial charge in [0.05, 0.1) is 24.1 Å². The Morgan fingerprint density at radius 3 is 2.52 bits per heavy atom. The van der Waals surface area contributed by atoms with Crippen LogP contribution in [0.15, 0.2) is 66.4 Å². The van der Waals surface area contributed by atoms with Gasteiger partial charge >= 0.3 is 11.8 Å². The second-order valence-corrected chi connectivity index (χ2v) is 7.49. The van der Waals surface area contributed by atoms with Crippen molar-refractivity contribution >= 4 is 17.7 Å². The number of nitrogens with one attached hydrogen (secondary N) is 1. The van der Waals surface area contributed by atoms with Gasteiger partial charge in [-0.15, -0.1) is 0 Å². The van der Waals surface area contributed by atoms with Gasteiger partial charge in [0.1, 0.15) is 5.70 Å². The summed E-state index contributed by atoms with van der Waals surface area (Å²) in [5.74, 6) is -0.928. The Morgan fingerprint density at radius 1 is 1.07 bits per heavy atom. The number of hydrogen-bond acceptors (Lipinski definition) is 3. The molecule has 2 aliphatic carbocycles. The predicted molar refractivity (Wildman–Crippen MR) is 102 cm³/mol. The van der Waals surface area contributed by atoms with Gasteiger partial charge in [-0.2, -0.15) is 4.48 Å². The average Bonchev–Trinajstić information content (AvgIpc) is 2.88. The van der Waals surface area contributed by atoms with Crippen LogP contribution in [0, 0.1) is 11.3 Å². The van der Waals surface area contributed by atoms with Crippen LogP contribution in [0.3, 0.4) is 0 Å². The number of nitrogens with zero attached hydrogens (tertiary/aromatic N) is 1. The molecular formula is C22H21N2O3+. The first-order valence-electron chi connectivity index (χ1n) is 8.91. The maximum absolute atomic E-state index is 13.4. The summed E-state index contributed by atoms with van der Waals surface area (Å²) < 4.78 is -0.421. The van der Waals surface area contributed by atoms with E-state index in [2.05, 4.69) is 24.4 Å². The lowest BCUT2D eigenvalue weighted by Gasteiger charge is -2.40. The van der Waals surface area contributed by atoms with Crippen molar-refractivity contribution in [3.8, 4) is 0 Å². The van der Waals surface area contributed by atoms with Crippen LogP contribution in [0.4, 0.5) is 0 Å². The van der Waals surface area contributed by atoms with Crippen LogP contribution in [-0.2, 0) is 0 Å². The van der Waals surface area contributed by atoms with Crippen LogP contribution in [0.1, 0.15) is 38.0 Å². The molecule has 5 heteroatoms. The fourth-order valence-electron chi connectivity index (χ4n) is 4.21. The predicted octanol–water partition coefficient (Wildman–Crippen LogP) is 2.99. The molecular weight excluding hydrogens is 340 g/mol. The molecule has 5 nitrogen and oxygen atoms in total. The normalized spacial score (nSPS) is 30.8. The molecule has 0 saturated heterocycles. The maximum atomic E-state index is 13.4. The summed E-state index contributed by atoms with van der Waals surface area (Å²) >= 11 is 0. The van der Waals surface area contributed by atoms with Crippen molar-refractivity contribution in [1.82, 2.24) is 5.32 Å². The fourth-order valence-corrected chi connectivity index (χ4v) is 4.21. The molecule has 1 aliphatic heterocycles. The molecule has 3 unspecified atom stereocenters. The number of quaternary nitrogens is 1. The van der Waals surface area contributed by atoms with E-state index in [-0.39, 0.29) is 29.1 Å². The SMILES string of the molecule is CNC(=O)c1ccc2c(c1)C(=O)[N+](C)(C1=CC=CC3(C)C=CC=CC13)C2=O. The van der Waals surface area contributed by atoms with E-state index in [0.29, 0.717) is 16.7 Å². The van der Waals surface area contributed by atoms with Crippen molar-refractivity contribution in [2.75, 3.05) is 14.1 Å². The zero-order valence-electron chi connectivity index (χ0n) is 15.5. The Balaban J connectivity index is 1.83. The summed E-state index contributed by atoms with van der Waals surface area (Å²) in [6, 6.07) is 4.69. The molecule has 1 aromatic rings. The van der Waals surface area contributed by atoms with E-state index in [1.165, 1.54) is 13.1 Å². The quantitative estimate of drug-likeness (QED) is 0.651. The van der Waals surface area contributed by atoms with Crippen molar-refractivity contribution < 1.29 is 18.9 Å². The first-order chi connectivity index (χ1) is 12.8. The Kier molecular flexibility index (Phi) is 3.68. The number of carbonyl (C=O) groups excluding carboxylic acids is 3. The third kappa shape index (κ3) is 2.25. The molecule has 0 fully saturated rings. The van der Waals surface area contributed by atoms with Gasteiger partial charge in [-0.1, -0.05) is 43.4 Å². The zero-order chi connectivity index (χ0) is 19.4. The molecule has 0 radical (unpaired) electrons. The lowest BCUT2D eigenvalue weighted by atomic mass is 9.69. The van der Waals surface area contributed by atoms with Crippen LogP contribution < -0.4 is 5.32 Å². The van der Waals surface area contributed by atoms with Gasteiger partial charge in [-0.05, 0) is 24.3 Å². The number of amides is 3. The number of imide groups is 1. The number of rotatable bonds is 2. The molecule has 27 heavy (non-hydrogen) atoms. The molecule has 1 N–H and O–H groups in total. The summed E-state index contributed by atoms with van der Waals surface area (Å²) in [4.78, 5) is 38.6. The molecule has 0 saturated carbocycles. The average molecular weight is 361 g/mol. The van der Waals surface area contributed by atoms with Crippen LogP contribution >= 0.6 is 0 Å². The summed E-state index contributed by atoms with van der Waals surface area (Å²) in [5, 5.41) is 2.55.